The van der Waals surface area contributed by atoms with E-state index in [9.17, 15) is 4.79 Å². The summed E-state index contributed by atoms with van der Waals surface area (Å²) in [6.45, 7) is 15.6. The van der Waals surface area contributed by atoms with Crippen molar-refractivity contribution in [1.82, 2.24) is 24.7 Å². The highest BCUT2D eigenvalue weighted by atomic mass is 16.2. The number of aromatic nitrogens is 2. The number of carbonyl (C=O) groups is 1. The number of amides is 1. The van der Waals surface area contributed by atoms with E-state index >= 15 is 0 Å². The summed E-state index contributed by atoms with van der Waals surface area (Å²) >= 11 is 0. The van der Waals surface area contributed by atoms with Gasteiger partial charge in [0.05, 0.1) is 0 Å². The maximum absolute atomic E-state index is 12.1. The van der Waals surface area contributed by atoms with Crippen LogP contribution >= 0.6 is 0 Å². The molecule has 0 spiro atoms. The van der Waals surface area contributed by atoms with Gasteiger partial charge in [-0.2, -0.15) is 0 Å². The zero-order valence-electron chi connectivity index (χ0n) is 19.2. The Bertz CT molecular complexity index is 708. The number of anilines is 1. The first-order valence-electron chi connectivity index (χ1n) is 11.7. The molecular weight excluding hydrogens is 376 g/mol. The quantitative estimate of drug-likeness (QED) is 0.737. The number of nitrogens with zero attached hydrogens (tertiary/aromatic N) is 6. The second kappa shape index (κ2) is 8.79. The Balaban J connectivity index is 1.32. The molecule has 7 heteroatoms. The van der Waals surface area contributed by atoms with Gasteiger partial charge in [-0.25, -0.2) is 9.97 Å². The Morgan fingerprint density at radius 3 is 2.17 bits per heavy atom. The molecule has 2 atom stereocenters. The van der Waals surface area contributed by atoms with Gasteiger partial charge in [0.15, 0.2) is 0 Å². The van der Waals surface area contributed by atoms with E-state index in [2.05, 4.69) is 42.4 Å². The first kappa shape index (κ1) is 21.5. The lowest BCUT2D eigenvalue weighted by Gasteiger charge is -2.46. The fourth-order valence-electron chi connectivity index (χ4n) is 5.13. The molecule has 3 saturated heterocycles. The normalized spacial score (nSPS) is 25.7. The summed E-state index contributed by atoms with van der Waals surface area (Å²) in [4.78, 5) is 31.1. The van der Waals surface area contributed by atoms with Crippen LogP contribution in [0.3, 0.4) is 0 Å². The number of carbonyl (C=O) groups excluding carboxylic acids is 1. The molecule has 4 rings (SSSR count). The molecule has 3 fully saturated rings. The monoisotopic (exact) mass is 414 g/mol. The van der Waals surface area contributed by atoms with Crippen molar-refractivity contribution < 1.29 is 4.79 Å². The lowest BCUT2D eigenvalue weighted by Crippen LogP contribution is -2.59. The van der Waals surface area contributed by atoms with Crippen LogP contribution in [0.25, 0.3) is 0 Å². The summed E-state index contributed by atoms with van der Waals surface area (Å²) in [7, 11) is 0. The molecule has 0 aliphatic carbocycles. The lowest BCUT2D eigenvalue weighted by molar-refractivity contribution is -0.133. The van der Waals surface area contributed by atoms with Crippen LogP contribution in [0, 0.1) is 0 Å². The van der Waals surface area contributed by atoms with Crippen molar-refractivity contribution in [1.29, 1.82) is 0 Å². The van der Waals surface area contributed by atoms with E-state index in [-0.39, 0.29) is 5.54 Å². The SMILES string of the molecule is CCCC(=O)N1CCN(Cc2cnc(N3C4CCC3CN(C(C)(C)C)C4)nc2)CC1. The zero-order valence-corrected chi connectivity index (χ0v) is 19.2. The molecule has 1 amide bonds. The van der Waals surface area contributed by atoms with E-state index in [1.807, 2.05) is 17.3 Å². The molecule has 4 heterocycles. The fourth-order valence-corrected chi connectivity index (χ4v) is 5.13. The Hall–Kier alpha value is -1.73. The molecule has 0 aromatic carbocycles. The molecule has 1 aromatic rings. The molecule has 2 bridgehead atoms. The van der Waals surface area contributed by atoms with Gasteiger partial charge in [0.1, 0.15) is 0 Å². The van der Waals surface area contributed by atoms with Crippen molar-refractivity contribution in [3.63, 3.8) is 0 Å². The molecule has 3 aliphatic heterocycles. The Morgan fingerprint density at radius 1 is 1.03 bits per heavy atom. The second-order valence-corrected chi connectivity index (χ2v) is 10.2. The summed E-state index contributed by atoms with van der Waals surface area (Å²) in [5.74, 6) is 1.20. The Labute approximate surface area is 181 Å². The molecular formula is C23H38N6O. The van der Waals surface area contributed by atoms with Gasteiger partial charge in [0.2, 0.25) is 11.9 Å². The van der Waals surface area contributed by atoms with Crippen LogP contribution in [0.1, 0.15) is 58.9 Å². The third-order valence-electron chi connectivity index (χ3n) is 6.95. The van der Waals surface area contributed by atoms with Crippen molar-refractivity contribution in [3.8, 4) is 0 Å². The van der Waals surface area contributed by atoms with Crippen LogP contribution in [-0.4, -0.2) is 87.5 Å². The predicted octanol–water partition coefficient (Wildman–Crippen LogP) is 2.37. The maximum atomic E-state index is 12.1. The number of hydrogen-bond acceptors (Lipinski definition) is 6. The van der Waals surface area contributed by atoms with Crippen LogP contribution < -0.4 is 4.90 Å². The average molecular weight is 415 g/mol. The first-order valence-corrected chi connectivity index (χ1v) is 11.7. The third kappa shape index (κ3) is 4.62. The number of fused-ring (bicyclic) bond motifs is 2. The molecule has 2 unspecified atom stereocenters. The minimum atomic E-state index is 0.225. The standard InChI is InChI=1S/C23H38N6O/c1-5-6-21(30)27-11-9-26(10-12-27)15-18-13-24-22(25-14-18)29-19-7-8-20(29)17-28(16-19)23(2,3)4/h13-14,19-20H,5-12,15-17H2,1-4H3. The van der Waals surface area contributed by atoms with Crippen LogP contribution in [-0.2, 0) is 11.3 Å². The molecule has 166 valence electrons. The summed E-state index contributed by atoms with van der Waals surface area (Å²) in [5.41, 5.74) is 1.38. The fraction of sp³-hybridized carbons (Fsp3) is 0.783. The summed E-state index contributed by atoms with van der Waals surface area (Å²) in [6, 6.07) is 1.06. The van der Waals surface area contributed by atoms with Crippen molar-refractivity contribution in [2.75, 3.05) is 44.2 Å². The van der Waals surface area contributed by atoms with Gasteiger partial charge in [-0.05, 0) is 40.0 Å². The van der Waals surface area contributed by atoms with Gasteiger partial charge in [-0.1, -0.05) is 6.92 Å². The minimum Gasteiger partial charge on any atom is -0.340 e. The number of likely N-dealkylation sites (tertiary alicyclic amines) is 1. The van der Waals surface area contributed by atoms with Gasteiger partial charge in [0, 0.05) is 87.8 Å². The van der Waals surface area contributed by atoms with Gasteiger partial charge < -0.3 is 9.80 Å². The molecule has 0 radical (unpaired) electrons. The number of piperazine rings is 2. The van der Waals surface area contributed by atoms with Gasteiger partial charge >= 0.3 is 0 Å². The molecule has 3 aliphatic rings. The molecule has 0 N–H and O–H groups in total. The first-order chi connectivity index (χ1) is 14.3. The van der Waals surface area contributed by atoms with E-state index < -0.39 is 0 Å². The van der Waals surface area contributed by atoms with Crippen LogP contribution in [0.4, 0.5) is 5.95 Å². The van der Waals surface area contributed by atoms with E-state index in [0.717, 1.165) is 63.7 Å². The van der Waals surface area contributed by atoms with E-state index in [4.69, 9.17) is 9.97 Å². The Morgan fingerprint density at radius 2 is 1.63 bits per heavy atom. The minimum absolute atomic E-state index is 0.225. The average Bonchev–Trinajstić information content (AvgIpc) is 2.97. The molecule has 30 heavy (non-hydrogen) atoms. The van der Waals surface area contributed by atoms with Gasteiger partial charge in [-0.15, -0.1) is 0 Å². The van der Waals surface area contributed by atoms with Crippen LogP contribution in [0.2, 0.25) is 0 Å². The largest absolute Gasteiger partial charge is 0.340 e. The van der Waals surface area contributed by atoms with Gasteiger partial charge in [-0.3, -0.25) is 14.6 Å². The third-order valence-corrected chi connectivity index (χ3v) is 6.95. The second-order valence-electron chi connectivity index (χ2n) is 10.2. The maximum Gasteiger partial charge on any atom is 0.225 e. The Kier molecular flexibility index (Phi) is 6.30. The van der Waals surface area contributed by atoms with Crippen LogP contribution in [0.5, 0.6) is 0 Å². The number of hydrogen-bond donors (Lipinski definition) is 0. The summed E-state index contributed by atoms with van der Waals surface area (Å²) in [5, 5.41) is 0. The van der Waals surface area contributed by atoms with E-state index in [1.54, 1.807) is 0 Å². The predicted molar refractivity (Wildman–Crippen MR) is 119 cm³/mol. The zero-order chi connectivity index (χ0) is 21.3. The highest BCUT2D eigenvalue weighted by molar-refractivity contribution is 5.76. The van der Waals surface area contributed by atoms with Crippen LogP contribution in [0.15, 0.2) is 12.4 Å². The van der Waals surface area contributed by atoms with Crippen molar-refractivity contribution in [2.24, 2.45) is 0 Å². The van der Waals surface area contributed by atoms with E-state index in [0.29, 0.717) is 24.4 Å². The topological polar surface area (TPSA) is 55.8 Å². The molecule has 1 aromatic heterocycles. The highest BCUT2D eigenvalue weighted by Gasteiger charge is 2.43. The van der Waals surface area contributed by atoms with E-state index in [1.165, 1.54) is 12.8 Å². The van der Waals surface area contributed by atoms with Crippen molar-refractivity contribution in [3.05, 3.63) is 18.0 Å². The smallest absolute Gasteiger partial charge is 0.225 e. The highest BCUT2D eigenvalue weighted by Crippen LogP contribution is 2.35. The van der Waals surface area contributed by atoms with Crippen molar-refractivity contribution in [2.45, 2.75) is 77.5 Å². The summed E-state index contributed by atoms with van der Waals surface area (Å²) < 4.78 is 0. The molecule has 0 saturated carbocycles. The summed E-state index contributed by atoms with van der Waals surface area (Å²) in [6.07, 6.45) is 8.09. The van der Waals surface area contributed by atoms with Crippen molar-refractivity contribution >= 4 is 11.9 Å². The lowest BCUT2D eigenvalue weighted by atomic mass is 10.0. The number of rotatable bonds is 5. The van der Waals surface area contributed by atoms with Gasteiger partial charge in [0.25, 0.3) is 0 Å². The molecule has 7 nitrogen and oxygen atoms in total.